The molecular formula is C15H29N5O. The summed E-state index contributed by atoms with van der Waals surface area (Å²) in [5, 5.41) is 3.43. The van der Waals surface area contributed by atoms with Gasteiger partial charge in [-0.25, -0.2) is 15.8 Å². The number of hydrazine groups is 1. The molecule has 1 rings (SSSR count). The predicted molar refractivity (Wildman–Crippen MR) is 87.3 cm³/mol. The van der Waals surface area contributed by atoms with E-state index in [0.29, 0.717) is 24.9 Å². The van der Waals surface area contributed by atoms with Gasteiger partial charge in [-0.15, -0.1) is 0 Å². The fourth-order valence-corrected chi connectivity index (χ4v) is 1.77. The summed E-state index contributed by atoms with van der Waals surface area (Å²) >= 11 is 0. The highest BCUT2D eigenvalue weighted by Gasteiger charge is 2.20. The summed E-state index contributed by atoms with van der Waals surface area (Å²) in [5.74, 6) is 8.06. The quantitative estimate of drug-likeness (QED) is 0.529. The van der Waals surface area contributed by atoms with Crippen molar-refractivity contribution in [2.45, 2.75) is 53.0 Å². The van der Waals surface area contributed by atoms with Crippen molar-refractivity contribution < 1.29 is 4.74 Å². The molecule has 0 fully saturated rings. The largest absolute Gasteiger partial charge is 0.380 e. The third-order valence-corrected chi connectivity index (χ3v) is 3.18. The number of rotatable bonds is 7. The lowest BCUT2D eigenvalue weighted by Crippen LogP contribution is -2.32. The van der Waals surface area contributed by atoms with Gasteiger partial charge in [0.05, 0.1) is 12.6 Å². The molecule has 1 aromatic heterocycles. The maximum absolute atomic E-state index is 5.54. The first-order valence-corrected chi connectivity index (χ1v) is 7.48. The summed E-state index contributed by atoms with van der Waals surface area (Å²) in [6.45, 7) is 13.9. The Labute approximate surface area is 127 Å². The topological polar surface area (TPSA) is 85.1 Å². The number of nitrogens with zero attached hydrogens (tertiary/aromatic N) is 2. The predicted octanol–water partition coefficient (Wildman–Crippen LogP) is 2.53. The molecule has 1 unspecified atom stereocenters. The second-order valence-electron chi connectivity index (χ2n) is 6.51. The molecule has 6 nitrogen and oxygen atoms in total. The van der Waals surface area contributed by atoms with Crippen molar-refractivity contribution in [2.75, 3.05) is 24.0 Å². The van der Waals surface area contributed by atoms with Gasteiger partial charge in [-0.3, -0.25) is 0 Å². The van der Waals surface area contributed by atoms with Crippen molar-refractivity contribution >= 4 is 11.6 Å². The molecular weight excluding hydrogens is 266 g/mol. The number of nitrogen functional groups attached to an aromatic ring is 1. The highest BCUT2D eigenvalue weighted by molar-refractivity contribution is 5.48. The van der Waals surface area contributed by atoms with Crippen molar-refractivity contribution in [2.24, 2.45) is 11.8 Å². The van der Waals surface area contributed by atoms with Gasteiger partial charge in [0.2, 0.25) is 0 Å². The van der Waals surface area contributed by atoms with Gasteiger partial charge < -0.3 is 15.5 Å². The number of nitrogens with two attached hydrogens (primary N) is 1. The van der Waals surface area contributed by atoms with Crippen LogP contribution in [0, 0.1) is 5.92 Å². The molecule has 0 aliphatic rings. The van der Waals surface area contributed by atoms with Crippen LogP contribution < -0.4 is 16.6 Å². The van der Waals surface area contributed by atoms with E-state index >= 15 is 0 Å². The average Bonchev–Trinajstić information content (AvgIpc) is 2.41. The average molecular weight is 295 g/mol. The molecule has 0 aliphatic carbocycles. The summed E-state index contributed by atoms with van der Waals surface area (Å²) in [7, 11) is 0. The van der Waals surface area contributed by atoms with Crippen LogP contribution in [0.1, 0.15) is 47.4 Å². The Balaban J connectivity index is 2.99. The maximum Gasteiger partial charge on any atom is 0.145 e. The summed E-state index contributed by atoms with van der Waals surface area (Å²) in [4.78, 5) is 9.03. The fourth-order valence-electron chi connectivity index (χ4n) is 1.77. The van der Waals surface area contributed by atoms with Gasteiger partial charge in [-0.1, -0.05) is 34.6 Å². The minimum atomic E-state index is -0.142. The Morgan fingerprint density at radius 2 is 1.86 bits per heavy atom. The van der Waals surface area contributed by atoms with Crippen LogP contribution in [-0.4, -0.2) is 29.2 Å². The Morgan fingerprint density at radius 1 is 1.24 bits per heavy atom. The van der Waals surface area contributed by atoms with Crippen LogP contribution in [0.4, 0.5) is 11.6 Å². The standard InChI is InChI=1S/C15H29N5O/c1-7-21-9-11(10(2)3)17-12-8-13(20-16)19-14(18-12)15(4,5)6/h8,10-11H,7,9,16H2,1-6H3,(H2,17,18,19,20). The molecule has 21 heavy (non-hydrogen) atoms. The molecule has 4 N–H and O–H groups in total. The SMILES string of the molecule is CCOCC(Nc1cc(NN)nc(C(C)(C)C)n1)C(C)C. The second kappa shape index (κ2) is 7.56. The molecule has 0 amide bonds. The number of ether oxygens (including phenoxy) is 1. The van der Waals surface area contributed by atoms with E-state index in [1.165, 1.54) is 0 Å². The Morgan fingerprint density at radius 3 is 2.33 bits per heavy atom. The zero-order valence-electron chi connectivity index (χ0n) is 14.0. The molecule has 0 saturated heterocycles. The number of hydrogen-bond acceptors (Lipinski definition) is 6. The van der Waals surface area contributed by atoms with E-state index in [2.05, 4.69) is 55.3 Å². The van der Waals surface area contributed by atoms with Crippen molar-refractivity contribution in [1.82, 2.24) is 9.97 Å². The molecule has 1 aromatic rings. The first-order chi connectivity index (χ1) is 9.77. The van der Waals surface area contributed by atoms with Crippen molar-refractivity contribution in [1.29, 1.82) is 0 Å². The van der Waals surface area contributed by atoms with Crippen LogP contribution in [-0.2, 0) is 10.2 Å². The summed E-state index contributed by atoms with van der Waals surface area (Å²) < 4.78 is 5.54. The van der Waals surface area contributed by atoms with Gasteiger partial charge in [0, 0.05) is 18.1 Å². The Bertz CT molecular complexity index is 442. The first kappa shape index (κ1) is 17.7. The molecule has 120 valence electrons. The van der Waals surface area contributed by atoms with Gasteiger partial charge in [0.15, 0.2) is 0 Å². The highest BCUT2D eigenvalue weighted by Crippen LogP contribution is 2.23. The monoisotopic (exact) mass is 295 g/mol. The van der Waals surface area contributed by atoms with Crippen LogP contribution in [0.25, 0.3) is 0 Å². The highest BCUT2D eigenvalue weighted by atomic mass is 16.5. The number of aromatic nitrogens is 2. The lowest BCUT2D eigenvalue weighted by Gasteiger charge is -2.24. The number of hydrogen-bond donors (Lipinski definition) is 3. The van der Waals surface area contributed by atoms with Crippen LogP contribution in [0.3, 0.4) is 0 Å². The zero-order valence-corrected chi connectivity index (χ0v) is 14.0. The lowest BCUT2D eigenvalue weighted by molar-refractivity contribution is 0.126. The van der Waals surface area contributed by atoms with Gasteiger partial charge in [0.25, 0.3) is 0 Å². The normalized spacial score (nSPS) is 13.3. The van der Waals surface area contributed by atoms with Crippen LogP contribution in [0.5, 0.6) is 0 Å². The van der Waals surface area contributed by atoms with E-state index < -0.39 is 0 Å². The Kier molecular flexibility index (Phi) is 6.36. The minimum absolute atomic E-state index is 0.142. The van der Waals surface area contributed by atoms with E-state index in [-0.39, 0.29) is 11.5 Å². The van der Waals surface area contributed by atoms with Gasteiger partial charge in [0.1, 0.15) is 17.5 Å². The van der Waals surface area contributed by atoms with Crippen molar-refractivity contribution in [3.05, 3.63) is 11.9 Å². The van der Waals surface area contributed by atoms with E-state index in [1.807, 2.05) is 13.0 Å². The summed E-state index contributed by atoms with van der Waals surface area (Å²) in [5.41, 5.74) is 2.46. The number of nitrogens with one attached hydrogen (secondary N) is 2. The molecule has 1 atom stereocenters. The minimum Gasteiger partial charge on any atom is -0.380 e. The van der Waals surface area contributed by atoms with Gasteiger partial charge in [-0.2, -0.15) is 0 Å². The van der Waals surface area contributed by atoms with Crippen LogP contribution >= 0.6 is 0 Å². The lowest BCUT2D eigenvalue weighted by atomic mass is 9.96. The molecule has 0 radical (unpaired) electrons. The molecule has 0 aromatic carbocycles. The third kappa shape index (κ3) is 5.47. The fraction of sp³-hybridized carbons (Fsp3) is 0.733. The Hall–Kier alpha value is -1.40. The number of anilines is 2. The van der Waals surface area contributed by atoms with Gasteiger partial charge >= 0.3 is 0 Å². The zero-order chi connectivity index (χ0) is 16.0. The molecule has 1 heterocycles. The molecule has 6 heteroatoms. The van der Waals surface area contributed by atoms with E-state index in [9.17, 15) is 0 Å². The van der Waals surface area contributed by atoms with Crippen LogP contribution in [0.15, 0.2) is 6.07 Å². The third-order valence-electron chi connectivity index (χ3n) is 3.18. The van der Waals surface area contributed by atoms with Crippen LogP contribution in [0.2, 0.25) is 0 Å². The summed E-state index contributed by atoms with van der Waals surface area (Å²) in [6.07, 6.45) is 0. The van der Waals surface area contributed by atoms with Gasteiger partial charge in [-0.05, 0) is 12.8 Å². The summed E-state index contributed by atoms with van der Waals surface area (Å²) in [6, 6.07) is 2.01. The molecule has 0 saturated carbocycles. The van der Waals surface area contributed by atoms with Crippen molar-refractivity contribution in [3.63, 3.8) is 0 Å². The van der Waals surface area contributed by atoms with E-state index in [4.69, 9.17) is 10.6 Å². The van der Waals surface area contributed by atoms with Crippen molar-refractivity contribution in [3.8, 4) is 0 Å². The molecule has 0 bridgehead atoms. The maximum atomic E-state index is 5.54. The smallest absolute Gasteiger partial charge is 0.145 e. The molecule has 0 spiro atoms. The van der Waals surface area contributed by atoms with E-state index in [1.54, 1.807) is 0 Å². The second-order valence-corrected chi connectivity index (χ2v) is 6.51. The first-order valence-electron chi connectivity index (χ1n) is 7.48. The molecule has 0 aliphatic heterocycles. The van der Waals surface area contributed by atoms with E-state index in [0.717, 1.165) is 11.6 Å².